The third-order valence-electron chi connectivity index (χ3n) is 2.31. The van der Waals surface area contributed by atoms with Crippen molar-refractivity contribution in [3.8, 4) is 0 Å². The van der Waals surface area contributed by atoms with E-state index in [1.165, 1.54) is 16.7 Å². The number of hydrogen-bond donors (Lipinski definition) is 1. The monoisotopic (exact) mass is 178 g/mol. The second kappa shape index (κ2) is 4.43. The Bertz CT molecular complexity index is 254. The van der Waals surface area contributed by atoms with E-state index in [-0.39, 0.29) is 6.10 Å². The first-order valence-corrected chi connectivity index (χ1v) is 4.80. The van der Waals surface area contributed by atoms with Crippen LogP contribution in [0.25, 0.3) is 0 Å². The number of rotatable bonds is 1. The van der Waals surface area contributed by atoms with Crippen LogP contribution >= 0.6 is 0 Å². The lowest BCUT2D eigenvalue weighted by atomic mass is 9.88. The molecular formula is C12H18O. The lowest BCUT2D eigenvalue weighted by Gasteiger charge is -2.21. The van der Waals surface area contributed by atoms with Gasteiger partial charge in [-0.1, -0.05) is 29.9 Å². The summed E-state index contributed by atoms with van der Waals surface area (Å²) in [6.07, 6.45) is 6.57. The number of hydrogen-bond acceptors (Lipinski definition) is 1. The van der Waals surface area contributed by atoms with E-state index in [0.29, 0.717) is 0 Å². The summed E-state index contributed by atoms with van der Waals surface area (Å²) in [6, 6.07) is 0. The molecule has 72 valence electrons. The molecule has 13 heavy (non-hydrogen) atoms. The Morgan fingerprint density at radius 2 is 2.23 bits per heavy atom. The fourth-order valence-electron chi connectivity index (χ4n) is 1.45. The first kappa shape index (κ1) is 10.3. The van der Waals surface area contributed by atoms with E-state index in [2.05, 4.69) is 32.6 Å². The van der Waals surface area contributed by atoms with E-state index in [1.54, 1.807) is 0 Å². The van der Waals surface area contributed by atoms with Gasteiger partial charge in [-0.25, -0.2) is 0 Å². The highest BCUT2D eigenvalue weighted by molar-refractivity contribution is 5.34. The molecule has 1 atom stereocenters. The summed E-state index contributed by atoms with van der Waals surface area (Å²) >= 11 is 0. The molecule has 0 spiro atoms. The Morgan fingerprint density at radius 3 is 2.85 bits per heavy atom. The zero-order valence-electron chi connectivity index (χ0n) is 8.51. The molecule has 0 aromatic carbocycles. The van der Waals surface area contributed by atoms with Gasteiger partial charge >= 0.3 is 0 Å². The van der Waals surface area contributed by atoms with Gasteiger partial charge in [0.25, 0.3) is 0 Å². The largest absolute Gasteiger partial charge is 0.393 e. The number of aliphatic hydroxyl groups is 1. The maximum Gasteiger partial charge on any atom is 0.0583 e. The molecule has 1 aliphatic carbocycles. The lowest BCUT2D eigenvalue weighted by Crippen LogP contribution is -2.14. The molecule has 0 heterocycles. The quantitative estimate of drug-likeness (QED) is 0.654. The Morgan fingerprint density at radius 1 is 1.54 bits per heavy atom. The van der Waals surface area contributed by atoms with Gasteiger partial charge < -0.3 is 5.11 Å². The van der Waals surface area contributed by atoms with E-state index in [1.807, 2.05) is 0 Å². The predicted octanol–water partition coefficient (Wildman–Crippen LogP) is 2.98. The molecule has 1 aliphatic rings. The fourth-order valence-corrected chi connectivity index (χ4v) is 1.45. The molecule has 0 saturated heterocycles. The highest BCUT2D eigenvalue weighted by Crippen LogP contribution is 2.27. The fraction of sp³-hybridized carbons (Fsp3) is 0.500. The number of aliphatic hydroxyl groups excluding tert-OH is 1. The van der Waals surface area contributed by atoms with Crippen LogP contribution in [0.1, 0.15) is 33.1 Å². The van der Waals surface area contributed by atoms with Gasteiger partial charge in [0.05, 0.1) is 6.10 Å². The molecule has 1 rings (SSSR count). The van der Waals surface area contributed by atoms with Crippen molar-refractivity contribution in [3.63, 3.8) is 0 Å². The van der Waals surface area contributed by atoms with Crippen LogP contribution in [0.4, 0.5) is 0 Å². The van der Waals surface area contributed by atoms with Crippen molar-refractivity contribution in [2.24, 2.45) is 0 Å². The standard InChI is InChI=1S/C12H18O/c1-9(2)4-6-11-8-12(13)7-5-10(11)3/h4,6,12-13H,3,5,7-8H2,1-2H3. The smallest absolute Gasteiger partial charge is 0.0583 e. The minimum atomic E-state index is -0.165. The van der Waals surface area contributed by atoms with Crippen molar-refractivity contribution in [1.29, 1.82) is 0 Å². The van der Waals surface area contributed by atoms with Gasteiger partial charge in [-0.2, -0.15) is 0 Å². The van der Waals surface area contributed by atoms with E-state index in [4.69, 9.17) is 0 Å². The van der Waals surface area contributed by atoms with Crippen molar-refractivity contribution >= 4 is 0 Å². The van der Waals surface area contributed by atoms with Crippen LogP contribution in [0.15, 0.2) is 35.5 Å². The highest BCUT2D eigenvalue weighted by atomic mass is 16.3. The molecule has 1 fully saturated rings. The molecule has 1 N–H and O–H groups in total. The Hall–Kier alpha value is -0.820. The molecule has 0 aliphatic heterocycles. The van der Waals surface area contributed by atoms with Gasteiger partial charge in [-0.15, -0.1) is 0 Å². The van der Waals surface area contributed by atoms with E-state index < -0.39 is 0 Å². The Labute approximate surface area is 80.5 Å². The van der Waals surface area contributed by atoms with E-state index >= 15 is 0 Å². The van der Waals surface area contributed by atoms with Crippen LogP contribution in [0.3, 0.4) is 0 Å². The molecule has 0 aromatic heterocycles. The molecular weight excluding hydrogens is 160 g/mol. The maximum absolute atomic E-state index is 9.46. The topological polar surface area (TPSA) is 20.2 Å². The molecule has 0 amide bonds. The number of allylic oxidation sites excluding steroid dienone is 4. The molecule has 0 radical (unpaired) electrons. The van der Waals surface area contributed by atoms with Crippen LogP contribution < -0.4 is 0 Å². The summed E-state index contributed by atoms with van der Waals surface area (Å²) in [5, 5.41) is 9.46. The van der Waals surface area contributed by atoms with Gasteiger partial charge in [0.15, 0.2) is 0 Å². The average Bonchev–Trinajstić information content (AvgIpc) is 2.06. The van der Waals surface area contributed by atoms with Crippen molar-refractivity contribution in [2.45, 2.75) is 39.2 Å². The van der Waals surface area contributed by atoms with Gasteiger partial charge in [-0.05, 0) is 38.7 Å². The first-order valence-electron chi connectivity index (χ1n) is 4.80. The van der Waals surface area contributed by atoms with Crippen LogP contribution in [0.5, 0.6) is 0 Å². The summed E-state index contributed by atoms with van der Waals surface area (Å²) < 4.78 is 0. The molecule has 1 nitrogen and oxygen atoms in total. The second-order valence-electron chi connectivity index (χ2n) is 3.94. The third kappa shape index (κ3) is 3.19. The lowest BCUT2D eigenvalue weighted by molar-refractivity contribution is 0.158. The van der Waals surface area contributed by atoms with Gasteiger partial charge in [0.1, 0.15) is 0 Å². The second-order valence-corrected chi connectivity index (χ2v) is 3.94. The van der Waals surface area contributed by atoms with Crippen LogP contribution in [-0.4, -0.2) is 11.2 Å². The molecule has 0 aromatic rings. The minimum Gasteiger partial charge on any atom is -0.393 e. The van der Waals surface area contributed by atoms with Crippen LogP contribution in [0.2, 0.25) is 0 Å². The van der Waals surface area contributed by atoms with Gasteiger partial charge in [-0.3, -0.25) is 0 Å². The van der Waals surface area contributed by atoms with Crippen molar-refractivity contribution < 1.29 is 5.11 Å². The van der Waals surface area contributed by atoms with Gasteiger partial charge in [0, 0.05) is 0 Å². The summed E-state index contributed by atoms with van der Waals surface area (Å²) in [4.78, 5) is 0. The predicted molar refractivity (Wildman–Crippen MR) is 56.5 cm³/mol. The SMILES string of the molecule is C=C1CCC(O)CC1=CC=C(C)C. The first-order chi connectivity index (χ1) is 6.09. The summed E-state index contributed by atoms with van der Waals surface area (Å²) in [5.74, 6) is 0. The Kier molecular flexibility index (Phi) is 3.49. The van der Waals surface area contributed by atoms with Crippen molar-refractivity contribution in [3.05, 3.63) is 35.5 Å². The zero-order valence-corrected chi connectivity index (χ0v) is 8.51. The molecule has 0 bridgehead atoms. The normalized spacial score (nSPS) is 26.2. The summed E-state index contributed by atoms with van der Waals surface area (Å²) in [7, 11) is 0. The Balaban J connectivity index is 2.71. The zero-order chi connectivity index (χ0) is 9.84. The van der Waals surface area contributed by atoms with Crippen LogP contribution in [0, 0.1) is 0 Å². The van der Waals surface area contributed by atoms with E-state index in [0.717, 1.165) is 19.3 Å². The van der Waals surface area contributed by atoms with Crippen molar-refractivity contribution in [2.75, 3.05) is 0 Å². The van der Waals surface area contributed by atoms with Crippen molar-refractivity contribution in [1.82, 2.24) is 0 Å². The molecule has 1 saturated carbocycles. The van der Waals surface area contributed by atoms with Gasteiger partial charge in [0.2, 0.25) is 0 Å². The third-order valence-corrected chi connectivity index (χ3v) is 2.31. The summed E-state index contributed by atoms with van der Waals surface area (Å²) in [6.45, 7) is 8.14. The molecule has 1 heteroatoms. The van der Waals surface area contributed by atoms with Crippen LogP contribution in [-0.2, 0) is 0 Å². The highest BCUT2D eigenvalue weighted by Gasteiger charge is 2.16. The summed E-state index contributed by atoms with van der Waals surface area (Å²) in [5.41, 5.74) is 3.67. The maximum atomic E-state index is 9.46. The minimum absolute atomic E-state index is 0.165. The van der Waals surface area contributed by atoms with E-state index in [9.17, 15) is 5.11 Å². The molecule has 1 unspecified atom stereocenters. The average molecular weight is 178 g/mol.